The van der Waals surface area contributed by atoms with E-state index in [0.29, 0.717) is 4.99 Å². The molecule has 1 aromatic heterocycles. The predicted molar refractivity (Wildman–Crippen MR) is 67.0 cm³/mol. The normalized spacial score (nSPS) is 13.7. The van der Waals surface area contributed by atoms with Gasteiger partial charge in [0, 0.05) is 23.2 Å². The fourth-order valence-corrected chi connectivity index (χ4v) is 2.48. The number of hydrogen-bond acceptors (Lipinski definition) is 2. The van der Waals surface area contributed by atoms with Crippen LogP contribution in [0.15, 0.2) is 12.3 Å². The molecule has 0 fully saturated rings. The standard InChI is InChI=1S/C7H8N2S2.HI/c8-7(10)5-1-2-9-4-11-3-6(5)9;/h1-2H,3-4H2,(H2,8,10);1H. The van der Waals surface area contributed by atoms with Gasteiger partial charge in [0.1, 0.15) is 4.99 Å². The maximum absolute atomic E-state index is 5.54. The SMILES string of the molecule is I.NC(=S)c1ccn2c1CSC2. The molecule has 0 amide bonds. The van der Waals surface area contributed by atoms with E-state index < -0.39 is 0 Å². The molecule has 2 nitrogen and oxygen atoms in total. The number of aromatic nitrogens is 1. The number of fused-ring (bicyclic) bond motifs is 1. The van der Waals surface area contributed by atoms with Gasteiger partial charge in [-0.1, -0.05) is 12.2 Å². The van der Waals surface area contributed by atoms with Gasteiger partial charge in [-0.05, 0) is 6.07 Å². The molecule has 0 unspecified atom stereocenters. The molecule has 0 aromatic carbocycles. The van der Waals surface area contributed by atoms with Crippen molar-refractivity contribution in [3.05, 3.63) is 23.5 Å². The van der Waals surface area contributed by atoms with Crippen molar-refractivity contribution in [3.63, 3.8) is 0 Å². The third-order valence-corrected chi connectivity index (χ3v) is 2.97. The summed E-state index contributed by atoms with van der Waals surface area (Å²) in [6.45, 7) is 0. The Bertz CT molecular complexity index is 308. The zero-order chi connectivity index (χ0) is 7.84. The Hall–Kier alpha value is 0.250. The number of hydrogen-bond donors (Lipinski definition) is 1. The first-order chi connectivity index (χ1) is 5.29. The number of nitrogens with two attached hydrogens (primary N) is 1. The van der Waals surface area contributed by atoms with Crippen LogP contribution < -0.4 is 5.73 Å². The molecule has 0 radical (unpaired) electrons. The average molecular weight is 312 g/mol. The molecule has 0 saturated carbocycles. The summed E-state index contributed by atoms with van der Waals surface area (Å²) in [6, 6.07) is 2.00. The number of rotatable bonds is 1. The molecule has 2 N–H and O–H groups in total. The maximum atomic E-state index is 5.54. The van der Waals surface area contributed by atoms with Crippen LogP contribution in [0.25, 0.3) is 0 Å². The van der Waals surface area contributed by atoms with Crippen molar-refractivity contribution in [1.29, 1.82) is 0 Å². The maximum Gasteiger partial charge on any atom is 0.105 e. The average Bonchev–Trinajstić information content (AvgIpc) is 2.41. The second kappa shape index (κ2) is 3.97. The Kier molecular flexibility index (Phi) is 3.42. The van der Waals surface area contributed by atoms with E-state index in [1.54, 1.807) is 0 Å². The Labute approximate surface area is 97.9 Å². The van der Waals surface area contributed by atoms with Crippen LogP contribution in [0.3, 0.4) is 0 Å². The van der Waals surface area contributed by atoms with Gasteiger partial charge in [0.2, 0.25) is 0 Å². The molecule has 2 rings (SSSR count). The van der Waals surface area contributed by atoms with Crippen molar-refractivity contribution < 1.29 is 0 Å². The van der Waals surface area contributed by atoms with Crippen LogP contribution in [0.4, 0.5) is 0 Å². The molecule has 1 aromatic rings. The number of thiocarbonyl (C=S) groups is 1. The van der Waals surface area contributed by atoms with E-state index in [-0.39, 0.29) is 24.0 Å². The van der Waals surface area contributed by atoms with Gasteiger partial charge in [-0.3, -0.25) is 0 Å². The van der Waals surface area contributed by atoms with Crippen LogP contribution in [-0.2, 0) is 11.6 Å². The van der Waals surface area contributed by atoms with Crippen molar-refractivity contribution in [2.45, 2.75) is 11.6 Å². The molecular formula is C7H9IN2S2. The first-order valence-electron chi connectivity index (χ1n) is 3.34. The van der Waals surface area contributed by atoms with E-state index in [4.69, 9.17) is 18.0 Å². The van der Waals surface area contributed by atoms with Crippen LogP contribution in [0.1, 0.15) is 11.3 Å². The molecule has 66 valence electrons. The number of nitrogens with zero attached hydrogens (tertiary/aromatic N) is 1. The highest BCUT2D eigenvalue weighted by atomic mass is 127. The Morgan fingerprint density at radius 1 is 1.67 bits per heavy atom. The van der Waals surface area contributed by atoms with Crippen molar-refractivity contribution >= 4 is 52.9 Å². The molecule has 0 aliphatic carbocycles. The van der Waals surface area contributed by atoms with E-state index in [1.807, 2.05) is 24.0 Å². The Morgan fingerprint density at radius 2 is 2.42 bits per heavy atom. The first kappa shape index (κ1) is 10.3. The van der Waals surface area contributed by atoms with E-state index in [9.17, 15) is 0 Å². The zero-order valence-electron chi connectivity index (χ0n) is 6.32. The van der Waals surface area contributed by atoms with E-state index in [0.717, 1.165) is 17.2 Å². The lowest BCUT2D eigenvalue weighted by atomic mass is 10.2. The van der Waals surface area contributed by atoms with Crippen LogP contribution in [-0.4, -0.2) is 9.56 Å². The predicted octanol–water partition coefficient (Wildman–Crippen LogP) is 1.94. The van der Waals surface area contributed by atoms with Gasteiger partial charge in [-0.2, -0.15) is 0 Å². The van der Waals surface area contributed by atoms with Gasteiger partial charge in [0.25, 0.3) is 0 Å². The summed E-state index contributed by atoms with van der Waals surface area (Å²) in [6.07, 6.45) is 2.05. The minimum Gasteiger partial charge on any atom is -0.389 e. The summed E-state index contributed by atoms with van der Waals surface area (Å²) in [5.74, 6) is 2.08. The molecule has 12 heavy (non-hydrogen) atoms. The monoisotopic (exact) mass is 312 g/mol. The number of halogens is 1. The lowest BCUT2D eigenvalue weighted by molar-refractivity contribution is 0.887. The van der Waals surface area contributed by atoms with E-state index in [1.165, 1.54) is 5.69 Å². The van der Waals surface area contributed by atoms with E-state index >= 15 is 0 Å². The smallest absolute Gasteiger partial charge is 0.105 e. The fourth-order valence-electron chi connectivity index (χ4n) is 1.25. The molecule has 0 spiro atoms. The molecule has 0 atom stereocenters. The highest BCUT2D eigenvalue weighted by Crippen LogP contribution is 2.27. The minimum absolute atomic E-state index is 0. The summed E-state index contributed by atoms with van der Waals surface area (Å²) in [4.78, 5) is 0.515. The van der Waals surface area contributed by atoms with Crippen molar-refractivity contribution in [2.75, 3.05) is 0 Å². The van der Waals surface area contributed by atoms with Crippen molar-refractivity contribution in [2.24, 2.45) is 5.73 Å². The molecule has 5 heteroatoms. The Balaban J connectivity index is 0.000000720. The molecule has 1 aliphatic heterocycles. The van der Waals surface area contributed by atoms with Gasteiger partial charge >= 0.3 is 0 Å². The van der Waals surface area contributed by atoms with Crippen LogP contribution in [0, 0.1) is 0 Å². The fraction of sp³-hybridized carbons (Fsp3) is 0.286. The van der Waals surface area contributed by atoms with Crippen LogP contribution in [0.5, 0.6) is 0 Å². The summed E-state index contributed by atoms with van der Waals surface area (Å²) < 4.78 is 2.19. The molecule has 0 saturated heterocycles. The van der Waals surface area contributed by atoms with Gasteiger partial charge in [-0.25, -0.2) is 0 Å². The van der Waals surface area contributed by atoms with Gasteiger partial charge in [0.15, 0.2) is 0 Å². The van der Waals surface area contributed by atoms with Crippen molar-refractivity contribution in [3.8, 4) is 0 Å². The third-order valence-electron chi connectivity index (χ3n) is 1.81. The summed E-state index contributed by atoms with van der Waals surface area (Å²) >= 11 is 6.80. The number of thioether (sulfide) groups is 1. The van der Waals surface area contributed by atoms with Gasteiger partial charge < -0.3 is 10.3 Å². The lowest BCUT2D eigenvalue weighted by Gasteiger charge is -1.96. The molecule has 1 aliphatic rings. The highest BCUT2D eigenvalue weighted by Gasteiger charge is 2.15. The van der Waals surface area contributed by atoms with Crippen LogP contribution in [0.2, 0.25) is 0 Å². The molecular weight excluding hydrogens is 303 g/mol. The minimum atomic E-state index is 0. The summed E-state index contributed by atoms with van der Waals surface area (Å²) in [7, 11) is 0. The quantitative estimate of drug-likeness (QED) is 0.635. The lowest BCUT2D eigenvalue weighted by Crippen LogP contribution is -2.10. The summed E-state index contributed by atoms with van der Waals surface area (Å²) in [5.41, 5.74) is 7.87. The van der Waals surface area contributed by atoms with Gasteiger partial charge in [0.05, 0.1) is 5.88 Å². The highest BCUT2D eigenvalue weighted by molar-refractivity contribution is 14.0. The second-order valence-electron chi connectivity index (χ2n) is 2.49. The van der Waals surface area contributed by atoms with Crippen LogP contribution >= 0.6 is 48.0 Å². The largest absolute Gasteiger partial charge is 0.389 e. The third kappa shape index (κ3) is 1.62. The molecule has 0 bridgehead atoms. The van der Waals surface area contributed by atoms with E-state index in [2.05, 4.69) is 4.57 Å². The van der Waals surface area contributed by atoms with Gasteiger partial charge in [-0.15, -0.1) is 35.7 Å². The second-order valence-corrected chi connectivity index (χ2v) is 3.88. The first-order valence-corrected chi connectivity index (χ1v) is 4.91. The zero-order valence-corrected chi connectivity index (χ0v) is 10.3. The summed E-state index contributed by atoms with van der Waals surface area (Å²) in [5, 5.41) is 0. The van der Waals surface area contributed by atoms with Crippen molar-refractivity contribution in [1.82, 2.24) is 4.57 Å². The topological polar surface area (TPSA) is 30.9 Å². The molecule has 2 heterocycles. The Morgan fingerprint density at radius 3 is 3.08 bits per heavy atom.